The van der Waals surface area contributed by atoms with E-state index in [1.165, 1.54) is 0 Å². The van der Waals surface area contributed by atoms with Crippen LogP contribution in [0.3, 0.4) is 0 Å². The standard InChI is InChI=1S/C16H35N3O/c1-6-15(2,3)12-16(4,5)13-19-14(20)8-11-18-10-7-9-17/h18H,6-13,17H2,1-5H3,(H,19,20). The maximum absolute atomic E-state index is 11.8. The molecule has 0 aliphatic heterocycles. The molecule has 120 valence electrons. The van der Waals surface area contributed by atoms with E-state index in [9.17, 15) is 4.79 Å². The van der Waals surface area contributed by atoms with E-state index in [-0.39, 0.29) is 11.3 Å². The molecule has 0 heterocycles. The second-order valence-corrected chi connectivity index (χ2v) is 7.28. The molecule has 4 nitrogen and oxygen atoms in total. The normalized spacial score (nSPS) is 12.5. The van der Waals surface area contributed by atoms with Crippen molar-refractivity contribution in [3.8, 4) is 0 Å². The van der Waals surface area contributed by atoms with Crippen molar-refractivity contribution in [2.24, 2.45) is 16.6 Å². The third kappa shape index (κ3) is 10.2. The van der Waals surface area contributed by atoms with Crippen LogP contribution in [-0.4, -0.2) is 32.1 Å². The monoisotopic (exact) mass is 285 g/mol. The zero-order chi connectivity index (χ0) is 15.6. The summed E-state index contributed by atoms with van der Waals surface area (Å²) >= 11 is 0. The predicted octanol–water partition coefficient (Wildman–Crippen LogP) is 2.28. The SMILES string of the molecule is CCC(C)(C)CC(C)(C)CNC(=O)CCNCCCN. The number of rotatable bonds is 11. The molecule has 4 heteroatoms. The van der Waals surface area contributed by atoms with Crippen LogP contribution in [0.1, 0.15) is 60.3 Å². The van der Waals surface area contributed by atoms with Crippen molar-refractivity contribution in [2.45, 2.75) is 60.3 Å². The second-order valence-electron chi connectivity index (χ2n) is 7.28. The fourth-order valence-corrected chi connectivity index (χ4v) is 2.46. The summed E-state index contributed by atoms with van der Waals surface area (Å²) in [7, 11) is 0. The Morgan fingerprint density at radius 1 is 1.10 bits per heavy atom. The highest BCUT2D eigenvalue weighted by atomic mass is 16.1. The molecule has 0 aliphatic rings. The minimum Gasteiger partial charge on any atom is -0.356 e. The quantitative estimate of drug-likeness (QED) is 0.510. The molecule has 4 N–H and O–H groups in total. The van der Waals surface area contributed by atoms with Crippen LogP contribution >= 0.6 is 0 Å². The first-order valence-corrected chi connectivity index (χ1v) is 7.90. The highest BCUT2D eigenvalue weighted by molar-refractivity contribution is 5.76. The number of amides is 1. The molecule has 0 aromatic carbocycles. The predicted molar refractivity (Wildman–Crippen MR) is 86.6 cm³/mol. The van der Waals surface area contributed by atoms with Crippen LogP contribution in [0.15, 0.2) is 0 Å². The van der Waals surface area contributed by atoms with Gasteiger partial charge in [-0.2, -0.15) is 0 Å². The summed E-state index contributed by atoms with van der Waals surface area (Å²) in [5.74, 6) is 0.132. The largest absolute Gasteiger partial charge is 0.356 e. The van der Waals surface area contributed by atoms with Crippen LogP contribution in [0.2, 0.25) is 0 Å². The number of hydrogen-bond donors (Lipinski definition) is 3. The lowest BCUT2D eigenvalue weighted by Crippen LogP contribution is -2.37. The summed E-state index contributed by atoms with van der Waals surface area (Å²) in [6.07, 6.45) is 3.78. The van der Waals surface area contributed by atoms with Gasteiger partial charge in [-0.15, -0.1) is 0 Å². The zero-order valence-electron chi connectivity index (χ0n) is 14.1. The Morgan fingerprint density at radius 3 is 2.30 bits per heavy atom. The van der Waals surface area contributed by atoms with Gasteiger partial charge in [0.25, 0.3) is 0 Å². The first kappa shape index (κ1) is 19.4. The number of carbonyl (C=O) groups excluding carboxylic acids is 1. The first-order valence-electron chi connectivity index (χ1n) is 7.90. The van der Waals surface area contributed by atoms with Crippen molar-refractivity contribution in [3.05, 3.63) is 0 Å². The summed E-state index contributed by atoms with van der Waals surface area (Å²) in [6, 6.07) is 0. The first-order chi connectivity index (χ1) is 9.22. The molecule has 0 spiro atoms. The van der Waals surface area contributed by atoms with Gasteiger partial charge in [-0.3, -0.25) is 4.79 Å². The van der Waals surface area contributed by atoms with Crippen LogP contribution < -0.4 is 16.4 Å². The van der Waals surface area contributed by atoms with Gasteiger partial charge in [0, 0.05) is 19.5 Å². The molecule has 0 aromatic rings. The van der Waals surface area contributed by atoms with Crippen molar-refractivity contribution in [3.63, 3.8) is 0 Å². The average Bonchev–Trinajstić information content (AvgIpc) is 2.35. The van der Waals surface area contributed by atoms with Gasteiger partial charge in [0.15, 0.2) is 0 Å². The molecule has 0 rings (SSSR count). The lowest BCUT2D eigenvalue weighted by atomic mass is 9.73. The Bertz CT molecular complexity index is 275. The van der Waals surface area contributed by atoms with Crippen LogP contribution in [-0.2, 0) is 4.79 Å². The molecule has 1 amide bonds. The highest BCUT2D eigenvalue weighted by Gasteiger charge is 2.27. The lowest BCUT2D eigenvalue weighted by molar-refractivity contribution is -0.121. The van der Waals surface area contributed by atoms with E-state index in [0.29, 0.717) is 18.4 Å². The smallest absolute Gasteiger partial charge is 0.221 e. The van der Waals surface area contributed by atoms with Gasteiger partial charge in [-0.25, -0.2) is 0 Å². The third-order valence-corrected chi connectivity index (χ3v) is 3.76. The Labute approximate surface area is 125 Å². The fourth-order valence-electron chi connectivity index (χ4n) is 2.46. The fraction of sp³-hybridized carbons (Fsp3) is 0.938. The van der Waals surface area contributed by atoms with Crippen LogP contribution in [0, 0.1) is 10.8 Å². The minimum atomic E-state index is 0.132. The van der Waals surface area contributed by atoms with E-state index in [1.807, 2.05) is 0 Å². The molecule has 0 aliphatic carbocycles. The summed E-state index contributed by atoms with van der Waals surface area (Å²) in [5.41, 5.74) is 5.88. The van der Waals surface area contributed by atoms with Crippen LogP contribution in [0.4, 0.5) is 0 Å². The summed E-state index contributed by atoms with van der Waals surface area (Å²) in [4.78, 5) is 11.8. The molecular weight excluding hydrogens is 250 g/mol. The van der Waals surface area contributed by atoms with Crippen molar-refractivity contribution in [1.82, 2.24) is 10.6 Å². The van der Waals surface area contributed by atoms with E-state index in [1.54, 1.807) is 0 Å². The van der Waals surface area contributed by atoms with Gasteiger partial charge in [0.05, 0.1) is 0 Å². The highest BCUT2D eigenvalue weighted by Crippen LogP contribution is 2.35. The summed E-state index contributed by atoms with van der Waals surface area (Å²) in [6.45, 7) is 14.3. The molecule has 20 heavy (non-hydrogen) atoms. The number of hydrogen-bond acceptors (Lipinski definition) is 3. The average molecular weight is 285 g/mol. The Balaban J connectivity index is 3.87. The second kappa shape index (κ2) is 9.35. The van der Waals surface area contributed by atoms with Crippen molar-refractivity contribution in [2.75, 3.05) is 26.2 Å². The summed E-state index contributed by atoms with van der Waals surface area (Å²) < 4.78 is 0. The van der Waals surface area contributed by atoms with Crippen molar-refractivity contribution in [1.29, 1.82) is 0 Å². The van der Waals surface area contributed by atoms with Crippen LogP contribution in [0.25, 0.3) is 0 Å². The lowest BCUT2D eigenvalue weighted by Gasteiger charge is -2.34. The maximum atomic E-state index is 11.8. The van der Waals surface area contributed by atoms with E-state index in [0.717, 1.165) is 38.9 Å². The molecule has 0 saturated heterocycles. The Kier molecular flexibility index (Phi) is 9.06. The molecule has 0 bridgehead atoms. The molecule has 0 saturated carbocycles. The zero-order valence-corrected chi connectivity index (χ0v) is 14.1. The molecule has 0 aromatic heterocycles. The van der Waals surface area contributed by atoms with E-state index >= 15 is 0 Å². The minimum absolute atomic E-state index is 0.132. The number of carbonyl (C=O) groups is 1. The van der Waals surface area contributed by atoms with E-state index in [2.05, 4.69) is 45.3 Å². The van der Waals surface area contributed by atoms with Crippen LogP contribution in [0.5, 0.6) is 0 Å². The van der Waals surface area contributed by atoms with Gasteiger partial charge in [0.2, 0.25) is 5.91 Å². The van der Waals surface area contributed by atoms with Gasteiger partial charge in [-0.05, 0) is 36.8 Å². The number of nitrogens with one attached hydrogen (secondary N) is 2. The molecule has 0 unspecified atom stereocenters. The van der Waals surface area contributed by atoms with Gasteiger partial charge in [-0.1, -0.05) is 41.0 Å². The van der Waals surface area contributed by atoms with Gasteiger partial charge < -0.3 is 16.4 Å². The molecule has 0 fully saturated rings. The van der Waals surface area contributed by atoms with Crippen molar-refractivity contribution >= 4 is 5.91 Å². The van der Waals surface area contributed by atoms with Gasteiger partial charge in [0.1, 0.15) is 0 Å². The van der Waals surface area contributed by atoms with E-state index < -0.39 is 0 Å². The molecule has 0 radical (unpaired) electrons. The maximum Gasteiger partial charge on any atom is 0.221 e. The summed E-state index contributed by atoms with van der Waals surface area (Å²) in [5, 5.41) is 6.28. The number of nitrogens with two attached hydrogens (primary N) is 1. The Hall–Kier alpha value is -0.610. The van der Waals surface area contributed by atoms with Crippen molar-refractivity contribution < 1.29 is 4.79 Å². The topological polar surface area (TPSA) is 67.2 Å². The molecule has 0 atom stereocenters. The molecular formula is C16H35N3O. The van der Waals surface area contributed by atoms with E-state index in [4.69, 9.17) is 5.73 Å². The Morgan fingerprint density at radius 2 is 1.75 bits per heavy atom. The van der Waals surface area contributed by atoms with Gasteiger partial charge >= 0.3 is 0 Å². The third-order valence-electron chi connectivity index (χ3n) is 3.76.